The molecule has 2 fully saturated rings. The minimum Gasteiger partial charge on any atom is -0.465 e. The van der Waals surface area contributed by atoms with E-state index in [2.05, 4.69) is 0 Å². The smallest absolute Gasteiger partial charge is 0.407 e. The molecule has 1 saturated heterocycles. The second-order valence-electron chi connectivity index (χ2n) is 3.78. The van der Waals surface area contributed by atoms with Crippen LogP contribution < -0.4 is 0 Å². The lowest BCUT2D eigenvalue weighted by Crippen LogP contribution is -2.50. The molecule has 1 aliphatic heterocycles. The lowest BCUT2D eigenvalue weighted by Gasteiger charge is -2.33. The van der Waals surface area contributed by atoms with Crippen molar-refractivity contribution in [1.82, 2.24) is 4.90 Å². The maximum atomic E-state index is 12.5. The van der Waals surface area contributed by atoms with Crippen molar-refractivity contribution in [2.45, 2.75) is 31.0 Å². The van der Waals surface area contributed by atoms with Gasteiger partial charge in [0.2, 0.25) is 0 Å². The monoisotopic (exact) mass is 189 g/mol. The van der Waals surface area contributed by atoms with E-state index in [-0.39, 0.29) is 12.0 Å². The van der Waals surface area contributed by atoms with Gasteiger partial charge in [-0.05, 0) is 18.8 Å². The molecule has 1 heterocycles. The van der Waals surface area contributed by atoms with E-state index in [4.69, 9.17) is 5.11 Å². The number of likely N-dealkylation sites (tertiary alicyclic amines) is 1. The summed E-state index contributed by atoms with van der Waals surface area (Å²) in [5, 5.41) is 18.2. The van der Waals surface area contributed by atoms with Gasteiger partial charge in [-0.3, -0.25) is 4.90 Å². The van der Waals surface area contributed by atoms with Gasteiger partial charge >= 0.3 is 6.09 Å². The number of piperidine rings is 1. The van der Waals surface area contributed by atoms with Crippen LogP contribution in [-0.2, 0) is 0 Å². The van der Waals surface area contributed by atoms with Crippen LogP contribution in [0, 0.1) is 5.92 Å². The van der Waals surface area contributed by atoms with Crippen molar-refractivity contribution in [2.75, 3.05) is 6.67 Å². The first-order valence-corrected chi connectivity index (χ1v) is 4.40. The Hall–Kier alpha value is -0.840. The van der Waals surface area contributed by atoms with Crippen molar-refractivity contribution < 1.29 is 19.4 Å². The summed E-state index contributed by atoms with van der Waals surface area (Å²) in [6.45, 7) is -0.639. The minimum atomic E-state index is -1.12. The number of amides is 1. The highest BCUT2D eigenvalue weighted by molar-refractivity contribution is 5.67. The maximum absolute atomic E-state index is 12.5. The molecule has 2 bridgehead atoms. The van der Waals surface area contributed by atoms with Gasteiger partial charge in [0.15, 0.2) is 0 Å². The summed E-state index contributed by atoms with van der Waals surface area (Å²) in [7, 11) is 0. The topological polar surface area (TPSA) is 60.8 Å². The number of carboxylic acid groups (broad SMARTS) is 1. The second-order valence-corrected chi connectivity index (χ2v) is 3.78. The molecular formula is C8H12FNO3. The summed E-state index contributed by atoms with van der Waals surface area (Å²) in [6, 6.07) is -0.894. The molecule has 4 unspecified atom stereocenters. The van der Waals surface area contributed by atoms with Gasteiger partial charge in [-0.1, -0.05) is 0 Å². The van der Waals surface area contributed by atoms with Crippen LogP contribution in [0.5, 0.6) is 0 Å². The number of halogens is 1. The maximum Gasteiger partial charge on any atom is 0.407 e. The first-order chi connectivity index (χ1) is 6.15. The van der Waals surface area contributed by atoms with E-state index in [0.717, 1.165) is 4.90 Å². The van der Waals surface area contributed by atoms with E-state index in [0.29, 0.717) is 12.8 Å². The Labute approximate surface area is 75.0 Å². The highest BCUT2D eigenvalue weighted by atomic mass is 19.1. The first-order valence-electron chi connectivity index (χ1n) is 4.40. The fraction of sp³-hybridized carbons (Fsp3) is 0.875. The van der Waals surface area contributed by atoms with Gasteiger partial charge in [0.1, 0.15) is 6.67 Å². The Bertz CT molecular complexity index is 233. The largest absolute Gasteiger partial charge is 0.465 e. The van der Waals surface area contributed by atoms with Crippen LogP contribution in [0.2, 0.25) is 0 Å². The zero-order valence-corrected chi connectivity index (χ0v) is 7.06. The quantitative estimate of drug-likeness (QED) is 0.629. The molecule has 1 amide bonds. The fourth-order valence-corrected chi connectivity index (χ4v) is 2.60. The van der Waals surface area contributed by atoms with Gasteiger partial charge in [0, 0.05) is 0 Å². The minimum absolute atomic E-state index is 0.0149. The molecule has 1 saturated carbocycles. The molecule has 13 heavy (non-hydrogen) atoms. The van der Waals surface area contributed by atoms with E-state index in [1.807, 2.05) is 0 Å². The predicted molar refractivity (Wildman–Crippen MR) is 42.1 cm³/mol. The summed E-state index contributed by atoms with van der Waals surface area (Å²) >= 11 is 0. The van der Waals surface area contributed by atoms with Crippen LogP contribution in [0.4, 0.5) is 9.18 Å². The number of aliphatic hydroxyl groups excluding tert-OH is 1. The zero-order chi connectivity index (χ0) is 9.59. The number of hydrogen-bond acceptors (Lipinski definition) is 2. The number of hydrogen-bond donors (Lipinski definition) is 2. The molecule has 5 heteroatoms. The van der Waals surface area contributed by atoms with Gasteiger partial charge < -0.3 is 10.2 Å². The van der Waals surface area contributed by atoms with Crippen molar-refractivity contribution in [3.05, 3.63) is 0 Å². The van der Waals surface area contributed by atoms with E-state index in [1.54, 1.807) is 0 Å². The molecule has 4 atom stereocenters. The van der Waals surface area contributed by atoms with Crippen molar-refractivity contribution >= 4 is 6.09 Å². The van der Waals surface area contributed by atoms with Crippen LogP contribution in [0.1, 0.15) is 12.8 Å². The van der Waals surface area contributed by atoms with Gasteiger partial charge in [-0.25, -0.2) is 9.18 Å². The third-order valence-corrected chi connectivity index (χ3v) is 3.17. The fourth-order valence-electron chi connectivity index (χ4n) is 2.60. The molecule has 1 aliphatic carbocycles. The Morgan fingerprint density at radius 1 is 1.54 bits per heavy atom. The average Bonchev–Trinajstić information content (AvgIpc) is 2.58. The standard InChI is InChI=1S/C8H12FNO3/c9-3-6-4-1-5(7(11)2-4)10(6)8(12)13/h4-7,11H,1-3H2,(H,12,13). The van der Waals surface area contributed by atoms with Crippen LogP contribution in [0.25, 0.3) is 0 Å². The number of rotatable bonds is 1. The molecule has 0 aromatic rings. The molecule has 0 aromatic heterocycles. The SMILES string of the molecule is O=C(O)N1C2CC(CC2O)C1CF. The van der Waals surface area contributed by atoms with Gasteiger partial charge in [0.25, 0.3) is 0 Å². The van der Waals surface area contributed by atoms with Gasteiger partial charge in [0.05, 0.1) is 18.2 Å². The van der Waals surface area contributed by atoms with E-state index >= 15 is 0 Å². The molecule has 2 rings (SSSR count). The van der Waals surface area contributed by atoms with Crippen LogP contribution >= 0.6 is 0 Å². The highest BCUT2D eigenvalue weighted by Gasteiger charge is 2.52. The molecule has 2 N–H and O–H groups in total. The third kappa shape index (κ3) is 1.10. The average molecular weight is 189 g/mol. The van der Waals surface area contributed by atoms with Gasteiger partial charge in [-0.2, -0.15) is 0 Å². The zero-order valence-electron chi connectivity index (χ0n) is 7.06. The number of fused-ring (bicyclic) bond motifs is 2. The van der Waals surface area contributed by atoms with Crippen molar-refractivity contribution in [1.29, 1.82) is 0 Å². The highest BCUT2D eigenvalue weighted by Crippen LogP contribution is 2.42. The molecule has 0 aromatic carbocycles. The lowest BCUT2D eigenvalue weighted by atomic mass is 9.99. The normalized spacial score (nSPS) is 42.8. The van der Waals surface area contributed by atoms with Gasteiger partial charge in [-0.15, -0.1) is 0 Å². The molecular weight excluding hydrogens is 177 g/mol. The summed E-state index contributed by atoms with van der Waals surface area (Å²) in [6.07, 6.45) is -0.553. The van der Waals surface area contributed by atoms with Crippen LogP contribution in [0.3, 0.4) is 0 Å². The Kier molecular flexibility index (Phi) is 1.91. The molecule has 0 radical (unpaired) electrons. The summed E-state index contributed by atoms with van der Waals surface area (Å²) in [5.41, 5.74) is 0. The lowest BCUT2D eigenvalue weighted by molar-refractivity contribution is 0.0220. The second kappa shape index (κ2) is 2.83. The van der Waals surface area contributed by atoms with Crippen molar-refractivity contribution in [3.63, 3.8) is 0 Å². The third-order valence-electron chi connectivity index (χ3n) is 3.17. The Balaban J connectivity index is 2.20. The van der Waals surface area contributed by atoms with Crippen molar-refractivity contribution in [2.24, 2.45) is 5.92 Å². The molecule has 2 aliphatic rings. The van der Waals surface area contributed by atoms with Crippen LogP contribution in [-0.4, -0.2) is 46.1 Å². The van der Waals surface area contributed by atoms with E-state index in [9.17, 15) is 14.3 Å². The predicted octanol–water partition coefficient (Wildman–Crippen LogP) is 0.458. The molecule has 0 spiro atoms. The van der Waals surface area contributed by atoms with E-state index in [1.165, 1.54) is 0 Å². The number of aliphatic hydroxyl groups is 1. The molecule has 4 nitrogen and oxygen atoms in total. The Morgan fingerprint density at radius 2 is 2.23 bits per heavy atom. The van der Waals surface area contributed by atoms with E-state index < -0.39 is 24.9 Å². The summed E-state index contributed by atoms with van der Waals surface area (Å²) < 4.78 is 12.5. The summed E-state index contributed by atoms with van der Waals surface area (Å²) in [4.78, 5) is 11.8. The van der Waals surface area contributed by atoms with Crippen LogP contribution in [0.15, 0.2) is 0 Å². The first kappa shape index (κ1) is 8.74. The number of alkyl halides is 1. The number of nitrogens with zero attached hydrogens (tertiary/aromatic N) is 1. The summed E-state index contributed by atoms with van der Waals surface area (Å²) in [5.74, 6) is 0.0149. The number of carbonyl (C=O) groups is 1. The molecule has 74 valence electrons. The Morgan fingerprint density at radius 3 is 2.77 bits per heavy atom. The van der Waals surface area contributed by atoms with Crippen molar-refractivity contribution in [3.8, 4) is 0 Å².